The molecule has 1 aliphatic heterocycles. The normalized spacial score (nSPS) is 21.2. The summed E-state index contributed by atoms with van der Waals surface area (Å²) in [4.78, 5) is 13.1. The van der Waals surface area contributed by atoms with Crippen LogP contribution in [0.3, 0.4) is 0 Å². The summed E-state index contributed by atoms with van der Waals surface area (Å²) in [5, 5.41) is 55.3. The van der Waals surface area contributed by atoms with E-state index in [2.05, 4.69) is 47.7 Å². The Labute approximate surface area is 382 Å². The van der Waals surface area contributed by atoms with Crippen molar-refractivity contribution < 1.29 is 57.0 Å². The number of unbranched alkanes of at least 4 members (excludes halogenated alkanes) is 25. The lowest BCUT2D eigenvalue weighted by molar-refractivity contribution is -0.298. The minimum Gasteiger partial charge on any atom is -0.394 e. The SMILES string of the molecule is CCCCCC/C=C\CCCCCCCCC(O)C(=O)NC(COC1OC(CO)C(O)C(OS(=O)(=O)O)C1O)C(O)/C=C/CC/C=C/CCCCCCCCCCCCCCCC. The van der Waals surface area contributed by atoms with Crippen LogP contribution in [0.5, 0.6) is 0 Å². The van der Waals surface area contributed by atoms with Crippen molar-refractivity contribution in [1.82, 2.24) is 5.32 Å². The van der Waals surface area contributed by atoms with Crippen LogP contribution in [0.25, 0.3) is 0 Å². The van der Waals surface area contributed by atoms with E-state index < -0.39 is 78.5 Å². The van der Waals surface area contributed by atoms with Gasteiger partial charge >= 0.3 is 10.4 Å². The molecular weight excluding hydrogens is 827 g/mol. The first-order valence-corrected chi connectivity index (χ1v) is 26.3. The summed E-state index contributed by atoms with van der Waals surface area (Å²) in [7, 11) is -5.12. The Kier molecular flexibility index (Phi) is 37.1. The van der Waals surface area contributed by atoms with Gasteiger partial charge in [0.1, 0.15) is 30.5 Å². The Bertz CT molecular complexity index is 1280. The van der Waals surface area contributed by atoms with Crippen LogP contribution in [0.4, 0.5) is 0 Å². The van der Waals surface area contributed by atoms with Crippen LogP contribution in [0.2, 0.25) is 0 Å². The Morgan fingerprint density at radius 1 is 0.635 bits per heavy atom. The van der Waals surface area contributed by atoms with Gasteiger partial charge in [-0.25, -0.2) is 4.18 Å². The van der Waals surface area contributed by atoms with Crippen LogP contribution in [-0.2, 0) is 28.9 Å². The Balaban J connectivity index is 2.57. The molecule has 0 radical (unpaired) electrons. The highest BCUT2D eigenvalue weighted by Crippen LogP contribution is 2.26. The minimum atomic E-state index is -5.12. The molecule has 0 saturated carbocycles. The van der Waals surface area contributed by atoms with Crippen molar-refractivity contribution in [2.45, 2.75) is 255 Å². The first-order chi connectivity index (χ1) is 30.4. The van der Waals surface area contributed by atoms with E-state index >= 15 is 0 Å². The van der Waals surface area contributed by atoms with E-state index in [9.17, 15) is 43.3 Å². The number of carbonyl (C=O) groups is 1. The van der Waals surface area contributed by atoms with Gasteiger partial charge in [-0.15, -0.1) is 0 Å². The Morgan fingerprint density at radius 2 is 1.06 bits per heavy atom. The standard InChI is InChI=1S/C49H91NO12S/c1-3-5-7-9-11-13-15-17-19-20-21-22-23-24-26-27-29-31-33-35-37-42(52)41(40-60-49-46(55)47(62-63(57,58)59)45(54)44(39-51)61-49)50-48(56)43(53)38-36-34-32-30-28-25-18-16-14-12-10-8-6-4-2/h14,16,27,29,35,37,41-47,49,51-55H,3-13,15,17-26,28,30-34,36,38-40H2,1-2H3,(H,50,56)(H,57,58,59)/b16-14-,29-27+,37-35+. The number of ether oxygens (including phenoxy) is 2. The third-order valence-electron chi connectivity index (χ3n) is 11.8. The fraction of sp³-hybridized carbons (Fsp3) is 0.857. The molecular formula is C49H91NO12S. The number of amides is 1. The third-order valence-corrected chi connectivity index (χ3v) is 12.2. The molecule has 370 valence electrons. The number of aliphatic hydroxyl groups is 5. The number of allylic oxidation sites excluding steroid dienone is 5. The molecule has 1 aliphatic rings. The van der Waals surface area contributed by atoms with Crippen LogP contribution in [0.15, 0.2) is 36.5 Å². The second-order valence-electron chi connectivity index (χ2n) is 17.5. The monoisotopic (exact) mass is 918 g/mol. The van der Waals surface area contributed by atoms with Gasteiger partial charge in [-0.2, -0.15) is 8.42 Å². The summed E-state index contributed by atoms with van der Waals surface area (Å²) in [5.41, 5.74) is 0. The van der Waals surface area contributed by atoms with Crippen LogP contribution in [0, 0.1) is 0 Å². The summed E-state index contributed by atoms with van der Waals surface area (Å²) >= 11 is 0. The zero-order chi connectivity index (χ0) is 46.4. The number of aliphatic hydroxyl groups excluding tert-OH is 5. The predicted molar refractivity (Wildman–Crippen MR) is 251 cm³/mol. The fourth-order valence-corrected chi connectivity index (χ4v) is 8.27. The maximum atomic E-state index is 13.1. The van der Waals surface area contributed by atoms with E-state index in [1.807, 2.05) is 0 Å². The first kappa shape index (κ1) is 59.3. The van der Waals surface area contributed by atoms with Crippen LogP contribution < -0.4 is 5.32 Å². The van der Waals surface area contributed by atoms with Gasteiger partial charge in [-0.3, -0.25) is 9.35 Å². The molecule has 63 heavy (non-hydrogen) atoms. The molecule has 1 saturated heterocycles. The minimum absolute atomic E-state index is 0.229. The molecule has 0 aliphatic carbocycles. The van der Waals surface area contributed by atoms with Crippen molar-refractivity contribution in [3.8, 4) is 0 Å². The van der Waals surface area contributed by atoms with Crippen LogP contribution in [-0.4, -0.2) is 107 Å². The Hall–Kier alpha value is -1.72. The lowest BCUT2D eigenvalue weighted by atomic mass is 9.99. The number of rotatable bonds is 42. The van der Waals surface area contributed by atoms with Crippen LogP contribution in [0.1, 0.15) is 206 Å². The van der Waals surface area contributed by atoms with Gasteiger partial charge in [0.25, 0.3) is 0 Å². The zero-order valence-electron chi connectivity index (χ0n) is 39.3. The summed E-state index contributed by atoms with van der Waals surface area (Å²) in [6.45, 7) is 3.19. The average Bonchev–Trinajstić information content (AvgIpc) is 3.25. The molecule has 0 aromatic rings. The van der Waals surface area contributed by atoms with E-state index in [-0.39, 0.29) is 6.42 Å². The second kappa shape index (κ2) is 39.4. The van der Waals surface area contributed by atoms with Crippen molar-refractivity contribution in [1.29, 1.82) is 0 Å². The molecule has 0 aromatic heterocycles. The Morgan fingerprint density at radius 3 is 1.54 bits per heavy atom. The van der Waals surface area contributed by atoms with E-state index in [4.69, 9.17) is 9.47 Å². The van der Waals surface area contributed by atoms with E-state index in [0.717, 1.165) is 64.2 Å². The molecule has 1 rings (SSSR count). The lowest BCUT2D eigenvalue weighted by Crippen LogP contribution is -2.61. The van der Waals surface area contributed by atoms with Crippen molar-refractivity contribution in [2.24, 2.45) is 0 Å². The van der Waals surface area contributed by atoms with E-state index in [1.165, 1.54) is 115 Å². The number of nitrogens with one attached hydrogen (secondary N) is 1. The molecule has 0 aromatic carbocycles. The largest absolute Gasteiger partial charge is 0.397 e. The highest BCUT2D eigenvalue weighted by molar-refractivity contribution is 7.80. The van der Waals surface area contributed by atoms with Crippen molar-refractivity contribution in [3.63, 3.8) is 0 Å². The van der Waals surface area contributed by atoms with Crippen LogP contribution >= 0.6 is 0 Å². The van der Waals surface area contributed by atoms with Gasteiger partial charge in [-0.1, -0.05) is 185 Å². The summed E-state index contributed by atoms with van der Waals surface area (Å²) in [6, 6.07) is -1.14. The molecule has 13 nitrogen and oxygen atoms in total. The summed E-state index contributed by atoms with van der Waals surface area (Å²) in [5.74, 6) is -0.717. The summed E-state index contributed by atoms with van der Waals surface area (Å²) < 4.78 is 47.6. The zero-order valence-corrected chi connectivity index (χ0v) is 40.1. The average molecular weight is 918 g/mol. The molecule has 8 unspecified atom stereocenters. The predicted octanol–water partition coefficient (Wildman–Crippen LogP) is 9.25. The van der Waals surface area contributed by atoms with Crippen molar-refractivity contribution in [3.05, 3.63) is 36.5 Å². The summed E-state index contributed by atoms with van der Waals surface area (Å²) in [6.07, 6.45) is 35.1. The highest BCUT2D eigenvalue weighted by atomic mass is 32.3. The van der Waals surface area contributed by atoms with Gasteiger partial charge in [0.2, 0.25) is 5.91 Å². The first-order valence-electron chi connectivity index (χ1n) is 25.0. The number of hydrogen-bond acceptors (Lipinski definition) is 11. The highest BCUT2D eigenvalue weighted by Gasteiger charge is 2.48. The smallest absolute Gasteiger partial charge is 0.394 e. The van der Waals surface area contributed by atoms with Gasteiger partial charge in [0, 0.05) is 0 Å². The number of carbonyl (C=O) groups excluding carboxylic acids is 1. The molecule has 8 atom stereocenters. The van der Waals surface area contributed by atoms with E-state index in [0.29, 0.717) is 12.8 Å². The van der Waals surface area contributed by atoms with Gasteiger partial charge in [0.15, 0.2) is 6.29 Å². The quantitative estimate of drug-likeness (QED) is 0.0174. The molecule has 14 heteroatoms. The molecule has 0 spiro atoms. The second-order valence-corrected chi connectivity index (χ2v) is 18.6. The molecule has 1 fully saturated rings. The third kappa shape index (κ3) is 31.8. The molecule has 7 N–H and O–H groups in total. The molecule has 1 heterocycles. The van der Waals surface area contributed by atoms with Crippen molar-refractivity contribution >= 4 is 16.3 Å². The topological polar surface area (TPSA) is 212 Å². The van der Waals surface area contributed by atoms with E-state index in [1.54, 1.807) is 6.08 Å². The molecule has 0 bridgehead atoms. The van der Waals surface area contributed by atoms with Gasteiger partial charge < -0.3 is 40.3 Å². The maximum absolute atomic E-state index is 13.1. The van der Waals surface area contributed by atoms with Gasteiger partial charge in [0.05, 0.1) is 25.4 Å². The maximum Gasteiger partial charge on any atom is 0.397 e. The lowest BCUT2D eigenvalue weighted by Gasteiger charge is -2.41. The van der Waals surface area contributed by atoms with Crippen molar-refractivity contribution in [2.75, 3.05) is 13.2 Å². The number of hydrogen-bond donors (Lipinski definition) is 7. The fourth-order valence-electron chi connectivity index (χ4n) is 7.77. The van der Waals surface area contributed by atoms with Gasteiger partial charge in [-0.05, 0) is 57.8 Å². The molecule has 1 amide bonds.